The number of nitrogens with two attached hydrogens (primary N) is 1. The van der Waals surface area contributed by atoms with Crippen molar-refractivity contribution in [2.45, 2.75) is 20.3 Å². The van der Waals surface area contributed by atoms with Crippen molar-refractivity contribution in [2.24, 2.45) is 0 Å². The van der Waals surface area contributed by atoms with Gasteiger partial charge in [0.25, 0.3) is 0 Å². The molecule has 0 atom stereocenters. The molecule has 0 aliphatic carbocycles. The largest absolute Gasteiger partial charge is 0.437 e. The molecule has 3 aromatic rings. The van der Waals surface area contributed by atoms with Crippen molar-refractivity contribution in [3.63, 3.8) is 0 Å². The minimum Gasteiger partial charge on any atom is -0.437 e. The highest BCUT2D eigenvalue weighted by atomic mass is 16.5. The van der Waals surface area contributed by atoms with Crippen LogP contribution >= 0.6 is 0 Å². The Kier molecular flexibility index (Phi) is 5.14. The molecule has 0 unspecified atom stereocenters. The molecule has 0 radical (unpaired) electrons. The number of ether oxygens (including phenoxy) is 1. The molecule has 0 bridgehead atoms. The van der Waals surface area contributed by atoms with Gasteiger partial charge in [0.15, 0.2) is 5.82 Å². The molecule has 0 spiro atoms. The zero-order valence-electron chi connectivity index (χ0n) is 14.5. The van der Waals surface area contributed by atoms with E-state index in [2.05, 4.69) is 34.3 Å². The molecule has 0 aliphatic rings. The Morgan fingerprint density at radius 3 is 2.56 bits per heavy atom. The maximum atomic E-state index is 6.17. The van der Waals surface area contributed by atoms with Crippen molar-refractivity contribution in [1.29, 1.82) is 0 Å². The molecule has 0 saturated carbocycles. The van der Waals surface area contributed by atoms with Gasteiger partial charge in [0.05, 0.1) is 0 Å². The Hall–Kier alpha value is -3.08. The predicted octanol–water partition coefficient (Wildman–Crippen LogP) is 4.12. The van der Waals surface area contributed by atoms with Crippen molar-refractivity contribution < 1.29 is 4.74 Å². The van der Waals surface area contributed by atoms with Crippen molar-refractivity contribution in [2.75, 3.05) is 17.6 Å². The second-order valence-electron chi connectivity index (χ2n) is 5.95. The molecule has 0 saturated heterocycles. The highest BCUT2D eigenvalue weighted by molar-refractivity contribution is 5.67. The van der Waals surface area contributed by atoms with Gasteiger partial charge in [-0.2, -0.15) is 4.98 Å². The Bertz CT molecular complexity index is 850. The molecular weight excluding hydrogens is 312 g/mol. The van der Waals surface area contributed by atoms with Crippen LogP contribution < -0.4 is 15.8 Å². The normalized spacial score (nSPS) is 10.5. The highest BCUT2D eigenvalue weighted by Crippen LogP contribution is 2.30. The lowest BCUT2D eigenvalue weighted by Gasteiger charge is -2.12. The maximum Gasteiger partial charge on any atom is 0.248 e. The molecule has 2 aromatic carbocycles. The molecule has 5 nitrogen and oxygen atoms in total. The summed E-state index contributed by atoms with van der Waals surface area (Å²) in [6, 6.07) is 16.2. The van der Waals surface area contributed by atoms with Crippen LogP contribution in [0.1, 0.15) is 16.7 Å². The van der Waals surface area contributed by atoms with Crippen LogP contribution in [0.25, 0.3) is 0 Å². The summed E-state index contributed by atoms with van der Waals surface area (Å²) in [5, 5.41) is 3.25. The lowest BCUT2D eigenvalue weighted by Crippen LogP contribution is -2.09. The number of hydrogen-bond donors (Lipinski definition) is 2. The van der Waals surface area contributed by atoms with E-state index in [1.54, 1.807) is 0 Å². The topological polar surface area (TPSA) is 73.1 Å². The van der Waals surface area contributed by atoms with Crippen LogP contribution in [0.5, 0.6) is 11.6 Å². The van der Waals surface area contributed by atoms with Gasteiger partial charge in [0.1, 0.15) is 17.8 Å². The van der Waals surface area contributed by atoms with Gasteiger partial charge in [0, 0.05) is 6.54 Å². The molecule has 0 fully saturated rings. The smallest absolute Gasteiger partial charge is 0.248 e. The van der Waals surface area contributed by atoms with E-state index in [4.69, 9.17) is 10.5 Å². The van der Waals surface area contributed by atoms with E-state index in [0.29, 0.717) is 23.1 Å². The molecule has 0 aliphatic heterocycles. The van der Waals surface area contributed by atoms with Crippen molar-refractivity contribution in [3.8, 4) is 11.6 Å². The molecule has 1 heterocycles. The zero-order valence-corrected chi connectivity index (χ0v) is 14.5. The number of aryl methyl sites for hydroxylation is 2. The van der Waals surface area contributed by atoms with Crippen molar-refractivity contribution in [1.82, 2.24) is 9.97 Å². The second kappa shape index (κ2) is 7.66. The van der Waals surface area contributed by atoms with E-state index in [0.717, 1.165) is 18.5 Å². The third-order valence-corrected chi connectivity index (χ3v) is 4.09. The summed E-state index contributed by atoms with van der Waals surface area (Å²) in [5.74, 6) is 1.66. The number of nitrogens with zero attached hydrogens (tertiary/aromatic N) is 2. The minimum atomic E-state index is 0.362. The van der Waals surface area contributed by atoms with E-state index in [1.807, 2.05) is 43.3 Å². The van der Waals surface area contributed by atoms with Crippen molar-refractivity contribution >= 4 is 11.5 Å². The van der Waals surface area contributed by atoms with E-state index in [1.165, 1.54) is 17.5 Å². The zero-order chi connectivity index (χ0) is 17.6. The van der Waals surface area contributed by atoms with E-state index < -0.39 is 0 Å². The number of hydrogen-bond acceptors (Lipinski definition) is 5. The Labute approximate surface area is 147 Å². The van der Waals surface area contributed by atoms with Gasteiger partial charge in [-0.05, 0) is 49.1 Å². The molecule has 25 heavy (non-hydrogen) atoms. The van der Waals surface area contributed by atoms with Crippen molar-refractivity contribution in [3.05, 3.63) is 71.5 Å². The van der Waals surface area contributed by atoms with Gasteiger partial charge in [-0.15, -0.1) is 0 Å². The van der Waals surface area contributed by atoms with Crippen LogP contribution in [0.15, 0.2) is 54.9 Å². The predicted molar refractivity (Wildman–Crippen MR) is 101 cm³/mol. The van der Waals surface area contributed by atoms with Gasteiger partial charge in [-0.1, -0.05) is 36.4 Å². The monoisotopic (exact) mass is 334 g/mol. The van der Waals surface area contributed by atoms with Gasteiger partial charge >= 0.3 is 0 Å². The number of anilines is 2. The fourth-order valence-electron chi connectivity index (χ4n) is 2.46. The third kappa shape index (κ3) is 4.26. The standard InChI is InChI=1S/C20H22N4O/c1-14-8-9-17(12-15(14)2)25-20-18(21)19(23-13-24-20)22-11-10-16-6-4-3-5-7-16/h3-9,12-13H,10-11,21H2,1-2H3,(H,22,23,24). The summed E-state index contributed by atoms with van der Waals surface area (Å²) >= 11 is 0. The Balaban J connectivity index is 1.68. The van der Waals surface area contributed by atoms with Crippen LogP contribution in [0.4, 0.5) is 11.5 Å². The fourth-order valence-corrected chi connectivity index (χ4v) is 2.46. The molecule has 0 amide bonds. The quantitative estimate of drug-likeness (QED) is 0.709. The maximum absolute atomic E-state index is 6.17. The summed E-state index contributed by atoms with van der Waals surface area (Å²) in [6.45, 7) is 4.84. The van der Waals surface area contributed by atoms with E-state index >= 15 is 0 Å². The SMILES string of the molecule is Cc1ccc(Oc2ncnc(NCCc3ccccc3)c2N)cc1C. The number of benzene rings is 2. The molecule has 3 rings (SSSR count). The molecular formula is C20H22N4O. The average molecular weight is 334 g/mol. The first-order valence-corrected chi connectivity index (χ1v) is 8.27. The van der Waals surface area contributed by atoms with Crippen LogP contribution in [-0.4, -0.2) is 16.5 Å². The first-order valence-electron chi connectivity index (χ1n) is 8.27. The Morgan fingerprint density at radius 1 is 1.00 bits per heavy atom. The summed E-state index contributed by atoms with van der Waals surface area (Å²) in [7, 11) is 0. The molecule has 1 aromatic heterocycles. The van der Waals surface area contributed by atoms with E-state index in [9.17, 15) is 0 Å². The van der Waals surface area contributed by atoms with Gasteiger partial charge in [-0.3, -0.25) is 0 Å². The lowest BCUT2D eigenvalue weighted by molar-refractivity contribution is 0.464. The molecule has 5 heteroatoms. The van der Waals surface area contributed by atoms with Crippen LogP contribution in [0.3, 0.4) is 0 Å². The Morgan fingerprint density at radius 2 is 1.80 bits per heavy atom. The van der Waals surface area contributed by atoms with Gasteiger partial charge in [-0.25, -0.2) is 4.98 Å². The third-order valence-electron chi connectivity index (χ3n) is 4.09. The minimum absolute atomic E-state index is 0.362. The highest BCUT2D eigenvalue weighted by Gasteiger charge is 2.10. The van der Waals surface area contributed by atoms with E-state index in [-0.39, 0.29) is 0 Å². The molecule has 128 valence electrons. The van der Waals surface area contributed by atoms with Crippen LogP contribution in [0, 0.1) is 13.8 Å². The number of aromatic nitrogens is 2. The number of rotatable bonds is 6. The average Bonchev–Trinajstić information content (AvgIpc) is 2.62. The summed E-state index contributed by atoms with van der Waals surface area (Å²) in [5.41, 5.74) is 10.2. The van der Waals surface area contributed by atoms with Crippen LogP contribution in [-0.2, 0) is 6.42 Å². The number of nitrogen functional groups attached to an aromatic ring is 1. The lowest BCUT2D eigenvalue weighted by atomic mass is 10.1. The first kappa shape index (κ1) is 16.8. The number of nitrogens with one attached hydrogen (secondary N) is 1. The van der Waals surface area contributed by atoms with Gasteiger partial charge < -0.3 is 15.8 Å². The summed E-state index contributed by atoms with van der Waals surface area (Å²) in [4.78, 5) is 8.37. The fraction of sp³-hybridized carbons (Fsp3) is 0.200. The van der Waals surface area contributed by atoms with Gasteiger partial charge in [0.2, 0.25) is 5.88 Å². The second-order valence-corrected chi connectivity index (χ2v) is 5.95. The molecule has 3 N–H and O–H groups in total. The summed E-state index contributed by atoms with van der Waals surface area (Å²) < 4.78 is 5.83. The first-order chi connectivity index (χ1) is 12.1. The van der Waals surface area contributed by atoms with Crippen LogP contribution in [0.2, 0.25) is 0 Å². The summed E-state index contributed by atoms with van der Waals surface area (Å²) in [6.07, 6.45) is 2.34.